The van der Waals surface area contributed by atoms with Crippen molar-refractivity contribution in [1.29, 1.82) is 0 Å². The molecule has 0 atom stereocenters. The van der Waals surface area contributed by atoms with Crippen LogP contribution in [0.15, 0.2) is 6.07 Å². The Hall–Kier alpha value is -1.86. The zero-order chi connectivity index (χ0) is 10.9. The van der Waals surface area contributed by atoms with Crippen LogP contribution in [0, 0.1) is 0 Å². The van der Waals surface area contributed by atoms with Crippen LogP contribution in [0.4, 0.5) is 24.7 Å². The molecule has 5 N–H and O–H groups in total. The molecule has 1 aromatic rings. The normalized spacial score (nSPS) is 11.4. The van der Waals surface area contributed by atoms with Crippen LogP contribution in [0.1, 0.15) is 0 Å². The fourth-order valence-corrected chi connectivity index (χ4v) is 0.724. The van der Waals surface area contributed by atoms with E-state index in [9.17, 15) is 13.2 Å². The van der Waals surface area contributed by atoms with Gasteiger partial charge < -0.3 is 21.3 Å². The van der Waals surface area contributed by atoms with Crippen LogP contribution in [0.3, 0.4) is 0 Å². The molecule has 8 heteroatoms. The van der Waals surface area contributed by atoms with Crippen LogP contribution in [-0.4, -0.2) is 16.5 Å². The highest BCUT2D eigenvalue weighted by Crippen LogP contribution is 2.31. The van der Waals surface area contributed by atoms with E-state index in [4.69, 9.17) is 16.6 Å². The van der Waals surface area contributed by atoms with E-state index in [0.717, 1.165) is 6.07 Å². The SMILES string of the molecule is Nc1cc(OC(F)(F)F)nc(N)c1O. The van der Waals surface area contributed by atoms with Gasteiger partial charge in [0.05, 0.1) is 5.69 Å². The maximum absolute atomic E-state index is 11.7. The number of halogens is 3. The van der Waals surface area contributed by atoms with E-state index in [0.29, 0.717) is 0 Å². The predicted molar refractivity (Wildman–Crippen MR) is 41.4 cm³/mol. The third-order valence-electron chi connectivity index (χ3n) is 1.25. The summed E-state index contributed by atoms with van der Waals surface area (Å²) in [7, 11) is 0. The standard InChI is InChI=1S/C6H6F3N3O2/c7-6(8,9)14-3-1-2(10)4(13)5(11)12-3/h1,13H,(H4,10,11,12). The number of anilines is 2. The Morgan fingerprint density at radius 3 is 2.36 bits per heavy atom. The summed E-state index contributed by atoms with van der Waals surface area (Å²) in [6.45, 7) is 0. The fourth-order valence-electron chi connectivity index (χ4n) is 0.724. The highest BCUT2D eigenvalue weighted by Gasteiger charge is 2.32. The molecule has 78 valence electrons. The van der Waals surface area contributed by atoms with Crippen molar-refractivity contribution in [2.45, 2.75) is 6.36 Å². The van der Waals surface area contributed by atoms with Crippen LogP contribution < -0.4 is 16.2 Å². The molecule has 0 aliphatic carbocycles. The van der Waals surface area contributed by atoms with Crippen molar-refractivity contribution in [1.82, 2.24) is 4.98 Å². The van der Waals surface area contributed by atoms with Gasteiger partial charge in [0, 0.05) is 6.07 Å². The number of nitrogen functional groups attached to an aromatic ring is 2. The number of nitrogens with two attached hydrogens (primary N) is 2. The van der Waals surface area contributed by atoms with Gasteiger partial charge >= 0.3 is 6.36 Å². The van der Waals surface area contributed by atoms with E-state index in [1.54, 1.807) is 0 Å². The number of nitrogens with zero attached hydrogens (tertiary/aromatic N) is 1. The molecule has 0 aromatic carbocycles. The summed E-state index contributed by atoms with van der Waals surface area (Å²) >= 11 is 0. The van der Waals surface area contributed by atoms with E-state index in [1.165, 1.54) is 0 Å². The maximum Gasteiger partial charge on any atom is 0.574 e. The van der Waals surface area contributed by atoms with Gasteiger partial charge in [0.1, 0.15) is 0 Å². The summed E-state index contributed by atoms with van der Waals surface area (Å²) in [6.07, 6.45) is -4.87. The van der Waals surface area contributed by atoms with E-state index in [1.807, 2.05) is 0 Å². The summed E-state index contributed by atoms with van der Waals surface area (Å²) in [4.78, 5) is 3.12. The molecule has 0 radical (unpaired) electrons. The zero-order valence-electron chi connectivity index (χ0n) is 6.67. The highest BCUT2D eigenvalue weighted by atomic mass is 19.4. The lowest BCUT2D eigenvalue weighted by atomic mass is 10.3. The molecule has 0 bridgehead atoms. The molecule has 0 saturated carbocycles. The number of hydrogen-bond donors (Lipinski definition) is 3. The first-order valence-corrected chi connectivity index (χ1v) is 3.30. The molecule has 0 amide bonds. The fraction of sp³-hybridized carbons (Fsp3) is 0.167. The minimum atomic E-state index is -4.87. The minimum absolute atomic E-state index is 0.336. The first-order chi connectivity index (χ1) is 6.29. The number of aromatic hydroxyl groups is 1. The van der Waals surface area contributed by atoms with Crippen LogP contribution >= 0.6 is 0 Å². The second-order valence-corrected chi connectivity index (χ2v) is 2.33. The number of ether oxygens (including phenoxy) is 1. The average molecular weight is 209 g/mol. The smallest absolute Gasteiger partial charge is 0.503 e. The topological polar surface area (TPSA) is 94.4 Å². The molecule has 0 saturated heterocycles. The second kappa shape index (κ2) is 3.13. The lowest BCUT2D eigenvalue weighted by molar-refractivity contribution is -0.276. The van der Waals surface area contributed by atoms with Crippen molar-refractivity contribution in [3.8, 4) is 11.6 Å². The van der Waals surface area contributed by atoms with Crippen molar-refractivity contribution >= 4 is 11.5 Å². The van der Waals surface area contributed by atoms with Gasteiger partial charge in [-0.25, -0.2) is 0 Å². The van der Waals surface area contributed by atoms with Gasteiger partial charge in [-0.1, -0.05) is 0 Å². The van der Waals surface area contributed by atoms with Gasteiger partial charge in [0.15, 0.2) is 11.6 Å². The number of alkyl halides is 3. The van der Waals surface area contributed by atoms with E-state index in [-0.39, 0.29) is 5.69 Å². The molecule has 0 aliphatic rings. The van der Waals surface area contributed by atoms with Crippen LogP contribution in [0.2, 0.25) is 0 Å². The summed E-state index contributed by atoms with van der Waals surface area (Å²) in [6, 6.07) is 0.721. The Balaban J connectivity index is 3.02. The van der Waals surface area contributed by atoms with Gasteiger partial charge in [-0.05, 0) is 0 Å². The maximum atomic E-state index is 11.7. The lowest BCUT2D eigenvalue weighted by Gasteiger charge is -2.09. The van der Waals surface area contributed by atoms with Crippen molar-refractivity contribution in [3.63, 3.8) is 0 Å². The van der Waals surface area contributed by atoms with E-state index < -0.39 is 23.8 Å². The molecular weight excluding hydrogens is 203 g/mol. The second-order valence-electron chi connectivity index (χ2n) is 2.33. The van der Waals surface area contributed by atoms with Crippen LogP contribution in [0.25, 0.3) is 0 Å². The molecular formula is C6H6F3N3O2. The van der Waals surface area contributed by atoms with Gasteiger partial charge in [-0.15, -0.1) is 13.2 Å². The zero-order valence-corrected chi connectivity index (χ0v) is 6.67. The number of rotatable bonds is 1. The molecule has 0 unspecified atom stereocenters. The highest BCUT2D eigenvalue weighted by molar-refractivity contribution is 5.64. The molecule has 14 heavy (non-hydrogen) atoms. The minimum Gasteiger partial charge on any atom is -0.503 e. The summed E-state index contributed by atoms with van der Waals surface area (Å²) in [5.41, 5.74) is 9.84. The van der Waals surface area contributed by atoms with Crippen molar-refractivity contribution < 1.29 is 23.0 Å². The molecule has 0 spiro atoms. The van der Waals surface area contributed by atoms with Crippen molar-refractivity contribution in [2.24, 2.45) is 0 Å². The Bertz CT molecular complexity index is 330. The summed E-state index contributed by atoms with van der Waals surface area (Å²) < 4.78 is 38.5. The van der Waals surface area contributed by atoms with E-state index >= 15 is 0 Å². The van der Waals surface area contributed by atoms with Crippen molar-refractivity contribution in [2.75, 3.05) is 11.5 Å². The third-order valence-corrected chi connectivity index (χ3v) is 1.25. The van der Waals surface area contributed by atoms with Crippen LogP contribution in [0.5, 0.6) is 11.6 Å². The first-order valence-electron chi connectivity index (χ1n) is 3.30. The molecule has 5 nitrogen and oxygen atoms in total. The van der Waals surface area contributed by atoms with Gasteiger partial charge in [-0.2, -0.15) is 4.98 Å². The quantitative estimate of drug-likeness (QED) is 0.637. The van der Waals surface area contributed by atoms with Gasteiger partial charge in [0.25, 0.3) is 0 Å². The molecule has 1 aromatic heterocycles. The van der Waals surface area contributed by atoms with E-state index in [2.05, 4.69) is 9.72 Å². The number of pyridine rings is 1. The summed E-state index contributed by atoms with van der Waals surface area (Å²) in [5.74, 6) is -1.91. The predicted octanol–water partition coefficient (Wildman–Crippen LogP) is 0.850. The first kappa shape index (κ1) is 10.2. The third kappa shape index (κ3) is 2.31. The molecule has 1 heterocycles. The Morgan fingerprint density at radius 1 is 1.36 bits per heavy atom. The van der Waals surface area contributed by atoms with Crippen molar-refractivity contribution in [3.05, 3.63) is 6.07 Å². The van der Waals surface area contributed by atoms with Gasteiger partial charge in [-0.3, -0.25) is 0 Å². The molecule has 0 aliphatic heterocycles. The monoisotopic (exact) mass is 209 g/mol. The van der Waals surface area contributed by atoms with Gasteiger partial charge in [0.2, 0.25) is 5.88 Å². The van der Waals surface area contributed by atoms with Crippen LogP contribution in [-0.2, 0) is 0 Å². The Labute approximate surface area is 76.1 Å². The average Bonchev–Trinajstić information content (AvgIpc) is 1.96. The molecule has 0 fully saturated rings. The Kier molecular flexibility index (Phi) is 2.28. The Morgan fingerprint density at radius 2 is 1.93 bits per heavy atom. The molecule has 1 rings (SSSR count). The number of aromatic nitrogens is 1. The summed E-state index contributed by atoms with van der Waals surface area (Å²) in [5, 5.41) is 8.98. The largest absolute Gasteiger partial charge is 0.574 e. The number of hydrogen-bond acceptors (Lipinski definition) is 5. The lowest BCUT2D eigenvalue weighted by Crippen LogP contribution is -2.18.